The van der Waals surface area contributed by atoms with Crippen LogP contribution in [-0.2, 0) is 12.8 Å². The van der Waals surface area contributed by atoms with Gasteiger partial charge in [-0.05, 0) is 72.9 Å². The Bertz CT molecular complexity index is 942. The molecule has 0 unspecified atom stereocenters. The highest BCUT2D eigenvalue weighted by molar-refractivity contribution is 5.45. The molecule has 0 atom stereocenters. The van der Waals surface area contributed by atoms with Gasteiger partial charge in [0, 0.05) is 11.1 Å². The Labute approximate surface area is 186 Å². The molecule has 162 valence electrons. The van der Waals surface area contributed by atoms with Gasteiger partial charge in [0.2, 0.25) is 11.7 Å². The van der Waals surface area contributed by atoms with E-state index in [9.17, 15) is 8.78 Å². The Kier molecular flexibility index (Phi) is 11.2. The van der Waals surface area contributed by atoms with Gasteiger partial charge in [-0.25, -0.2) is 0 Å². The van der Waals surface area contributed by atoms with E-state index in [1.54, 1.807) is 0 Å². The van der Waals surface area contributed by atoms with Gasteiger partial charge in [-0.15, -0.1) is 0 Å². The summed E-state index contributed by atoms with van der Waals surface area (Å²) in [5, 5.41) is 0. The van der Waals surface area contributed by atoms with E-state index in [4.69, 9.17) is 0 Å². The number of benzene rings is 2. The van der Waals surface area contributed by atoms with Crippen LogP contribution in [0, 0.1) is 23.7 Å². The second kappa shape index (κ2) is 14.2. The topological polar surface area (TPSA) is 0 Å². The highest BCUT2D eigenvalue weighted by atomic mass is 19.2. The SMILES string of the molecule is CCCCCCc1ccc(C#CC(F)=C(F)C#Cc2ccc(CCCCC)cc2)cc1. The van der Waals surface area contributed by atoms with Gasteiger partial charge >= 0.3 is 0 Å². The molecule has 0 saturated carbocycles. The predicted octanol–water partition coefficient (Wildman–Crippen LogP) is 8.10. The van der Waals surface area contributed by atoms with Crippen LogP contribution in [0.1, 0.15) is 81.0 Å². The first kappa shape index (κ1) is 24.4. The van der Waals surface area contributed by atoms with E-state index in [1.165, 1.54) is 49.7 Å². The third-order valence-corrected chi connectivity index (χ3v) is 5.12. The highest BCUT2D eigenvalue weighted by Crippen LogP contribution is 2.12. The zero-order valence-electron chi connectivity index (χ0n) is 18.7. The Balaban J connectivity index is 1.93. The summed E-state index contributed by atoms with van der Waals surface area (Å²) in [6, 6.07) is 15.4. The standard InChI is InChI=1S/C29H32F2/c1-3-5-7-9-11-25-14-18-27(19-15-25)21-23-29(31)28(30)22-20-26-16-12-24(13-17-26)10-8-6-4-2/h12-19H,3-11H2,1-2H3. The number of halogens is 2. The van der Waals surface area contributed by atoms with Crippen LogP contribution in [0.25, 0.3) is 0 Å². The Morgan fingerprint density at radius 1 is 0.581 bits per heavy atom. The first-order valence-corrected chi connectivity index (χ1v) is 11.4. The molecule has 0 fully saturated rings. The molecule has 0 heterocycles. The van der Waals surface area contributed by atoms with Crippen molar-refractivity contribution in [2.24, 2.45) is 0 Å². The second-order valence-corrected chi connectivity index (χ2v) is 7.79. The molecule has 0 amide bonds. The number of unbranched alkanes of at least 4 members (excludes halogenated alkanes) is 5. The van der Waals surface area contributed by atoms with Crippen molar-refractivity contribution in [1.29, 1.82) is 0 Å². The summed E-state index contributed by atoms with van der Waals surface area (Å²) in [6.45, 7) is 4.37. The maximum absolute atomic E-state index is 14.0. The maximum Gasteiger partial charge on any atom is 0.217 e. The van der Waals surface area contributed by atoms with Crippen LogP contribution in [0.2, 0.25) is 0 Å². The number of hydrogen-bond acceptors (Lipinski definition) is 0. The monoisotopic (exact) mass is 418 g/mol. The van der Waals surface area contributed by atoms with Crippen LogP contribution >= 0.6 is 0 Å². The van der Waals surface area contributed by atoms with Crippen molar-refractivity contribution in [1.82, 2.24) is 0 Å². The smallest absolute Gasteiger partial charge is 0.193 e. The molecule has 0 nitrogen and oxygen atoms in total. The summed E-state index contributed by atoms with van der Waals surface area (Å²) >= 11 is 0. The van der Waals surface area contributed by atoms with Crippen molar-refractivity contribution in [3.63, 3.8) is 0 Å². The van der Waals surface area contributed by atoms with E-state index in [-0.39, 0.29) is 0 Å². The molecular formula is C29H32F2. The third kappa shape index (κ3) is 9.67. The van der Waals surface area contributed by atoms with Crippen LogP contribution in [0.4, 0.5) is 8.78 Å². The van der Waals surface area contributed by atoms with E-state index >= 15 is 0 Å². The fraction of sp³-hybridized carbons (Fsp3) is 0.379. The number of aryl methyl sites for hydroxylation is 2. The predicted molar refractivity (Wildman–Crippen MR) is 127 cm³/mol. The minimum absolute atomic E-state index is 0.657. The Hall–Kier alpha value is -2.84. The fourth-order valence-electron chi connectivity index (χ4n) is 3.21. The molecule has 0 radical (unpaired) electrons. The Morgan fingerprint density at radius 3 is 1.39 bits per heavy atom. The van der Waals surface area contributed by atoms with Crippen LogP contribution in [-0.4, -0.2) is 0 Å². The quantitative estimate of drug-likeness (QED) is 0.285. The molecule has 2 aromatic rings. The van der Waals surface area contributed by atoms with Gasteiger partial charge in [-0.2, -0.15) is 8.78 Å². The van der Waals surface area contributed by atoms with Crippen LogP contribution in [0.15, 0.2) is 60.2 Å². The maximum atomic E-state index is 14.0. The zero-order valence-corrected chi connectivity index (χ0v) is 18.7. The van der Waals surface area contributed by atoms with E-state index in [1.807, 2.05) is 48.5 Å². The van der Waals surface area contributed by atoms with Gasteiger partial charge in [0.1, 0.15) is 0 Å². The summed E-state index contributed by atoms with van der Waals surface area (Å²) in [5.74, 6) is 7.54. The largest absolute Gasteiger partial charge is 0.217 e. The van der Waals surface area contributed by atoms with E-state index in [0.717, 1.165) is 19.3 Å². The van der Waals surface area contributed by atoms with Crippen molar-refractivity contribution in [2.45, 2.75) is 71.6 Å². The molecular weight excluding hydrogens is 386 g/mol. The van der Waals surface area contributed by atoms with Gasteiger partial charge in [-0.1, -0.05) is 82.1 Å². The number of hydrogen-bond donors (Lipinski definition) is 0. The fourth-order valence-corrected chi connectivity index (χ4v) is 3.21. The lowest BCUT2D eigenvalue weighted by Gasteiger charge is -2.01. The normalized spacial score (nSPS) is 11.1. The van der Waals surface area contributed by atoms with Crippen LogP contribution in [0.3, 0.4) is 0 Å². The van der Waals surface area contributed by atoms with Crippen LogP contribution in [0.5, 0.6) is 0 Å². The molecule has 0 spiro atoms. The molecule has 0 aliphatic rings. The van der Waals surface area contributed by atoms with Crippen molar-refractivity contribution >= 4 is 0 Å². The molecule has 2 aromatic carbocycles. The van der Waals surface area contributed by atoms with Gasteiger partial charge < -0.3 is 0 Å². The highest BCUT2D eigenvalue weighted by Gasteiger charge is 2.00. The molecule has 0 aliphatic heterocycles. The first-order valence-electron chi connectivity index (χ1n) is 11.4. The lowest BCUT2D eigenvalue weighted by molar-refractivity contribution is 0.584. The lowest BCUT2D eigenvalue weighted by atomic mass is 10.0. The molecule has 2 heteroatoms. The van der Waals surface area contributed by atoms with Gasteiger partial charge in [0.05, 0.1) is 0 Å². The number of allylic oxidation sites excluding steroid dienone is 2. The van der Waals surface area contributed by atoms with E-state index in [2.05, 4.69) is 37.5 Å². The van der Waals surface area contributed by atoms with Crippen molar-refractivity contribution in [3.8, 4) is 23.7 Å². The summed E-state index contributed by atoms with van der Waals surface area (Å²) in [4.78, 5) is 0. The van der Waals surface area contributed by atoms with Gasteiger partial charge in [-0.3, -0.25) is 0 Å². The van der Waals surface area contributed by atoms with Gasteiger partial charge in [0.15, 0.2) is 0 Å². The van der Waals surface area contributed by atoms with Crippen LogP contribution < -0.4 is 0 Å². The molecule has 0 aliphatic carbocycles. The minimum Gasteiger partial charge on any atom is -0.193 e. The average molecular weight is 419 g/mol. The minimum atomic E-state index is -1.13. The first-order chi connectivity index (χ1) is 15.1. The molecule has 31 heavy (non-hydrogen) atoms. The van der Waals surface area contributed by atoms with Crippen molar-refractivity contribution in [3.05, 3.63) is 82.4 Å². The third-order valence-electron chi connectivity index (χ3n) is 5.12. The van der Waals surface area contributed by atoms with E-state index in [0.29, 0.717) is 11.1 Å². The zero-order chi connectivity index (χ0) is 22.3. The molecule has 0 N–H and O–H groups in total. The van der Waals surface area contributed by atoms with E-state index < -0.39 is 11.7 Å². The molecule has 0 saturated heterocycles. The van der Waals surface area contributed by atoms with Gasteiger partial charge in [0.25, 0.3) is 0 Å². The lowest BCUT2D eigenvalue weighted by Crippen LogP contribution is -1.86. The molecule has 2 rings (SSSR count). The summed E-state index contributed by atoms with van der Waals surface area (Å²) in [7, 11) is 0. The summed E-state index contributed by atoms with van der Waals surface area (Å²) < 4.78 is 27.9. The number of rotatable bonds is 9. The average Bonchev–Trinajstić information content (AvgIpc) is 2.80. The second-order valence-electron chi connectivity index (χ2n) is 7.79. The molecule has 0 bridgehead atoms. The van der Waals surface area contributed by atoms with Crippen molar-refractivity contribution < 1.29 is 8.78 Å². The summed E-state index contributed by atoms with van der Waals surface area (Å²) in [5.41, 5.74) is 3.79. The Morgan fingerprint density at radius 2 is 0.968 bits per heavy atom. The molecule has 0 aromatic heterocycles. The van der Waals surface area contributed by atoms with Crippen molar-refractivity contribution in [2.75, 3.05) is 0 Å². The summed E-state index contributed by atoms with van der Waals surface area (Å²) in [6.07, 6.45) is 10.5.